The first-order valence-corrected chi connectivity index (χ1v) is 10.1. The zero-order valence-corrected chi connectivity index (χ0v) is 17.4. The molecule has 0 spiro atoms. The average molecular weight is 453 g/mol. The van der Waals surface area contributed by atoms with Crippen molar-refractivity contribution in [2.75, 3.05) is 0 Å². The van der Waals surface area contributed by atoms with Gasteiger partial charge in [0.05, 0.1) is 16.4 Å². The van der Waals surface area contributed by atoms with E-state index in [0.717, 1.165) is 0 Å². The zero-order valence-electron chi connectivity index (χ0n) is 17.4. The molecule has 1 atom stereocenters. The number of phenolic OH excluding ortho intramolecular Hbond substituents is 1. The molecule has 0 radical (unpaired) electrons. The third-order valence-electron chi connectivity index (χ3n) is 5.66. The topological polar surface area (TPSA) is 153 Å². The second kappa shape index (κ2) is 7.79. The number of nitrogens with two attached hydrogens (primary N) is 1. The fourth-order valence-corrected chi connectivity index (χ4v) is 4.12. The van der Waals surface area contributed by atoms with E-state index < -0.39 is 16.3 Å². The fourth-order valence-electron chi connectivity index (χ4n) is 4.12. The van der Waals surface area contributed by atoms with Crippen molar-refractivity contribution in [3.05, 3.63) is 110 Å². The molecule has 1 aromatic heterocycles. The Bertz CT molecular complexity index is 1600. The van der Waals surface area contributed by atoms with E-state index in [9.17, 15) is 25.3 Å². The van der Waals surface area contributed by atoms with Gasteiger partial charge in [-0.1, -0.05) is 42.5 Å². The molecule has 166 valence electrons. The number of nitrogens with zero attached hydrogens (tertiary/aromatic N) is 2. The van der Waals surface area contributed by atoms with Crippen molar-refractivity contribution in [1.29, 1.82) is 5.26 Å². The summed E-state index contributed by atoms with van der Waals surface area (Å²) in [5.74, 6) is -1.03. The number of rotatable bonds is 3. The summed E-state index contributed by atoms with van der Waals surface area (Å²) in [5, 5.41) is 31.5. The number of benzene rings is 3. The van der Waals surface area contributed by atoms with Gasteiger partial charge in [0.1, 0.15) is 39.9 Å². The number of allylic oxidation sites excluding steroid dienone is 1. The van der Waals surface area contributed by atoms with Crippen LogP contribution in [-0.4, -0.2) is 10.0 Å². The molecule has 9 heteroatoms. The van der Waals surface area contributed by atoms with Crippen molar-refractivity contribution in [1.82, 2.24) is 0 Å². The van der Waals surface area contributed by atoms with Gasteiger partial charge in [-0.2, -0.15) is 5.26 Å². The van der Waals surface area contributed by atoms with Crippen LogP contribution in [0.4, 0.5) is 5.69 Å². The predicted molar refractivity (Wildman–Crippen MR) is 122 cm³/mol. The highest BCUT2D eigenvalue weighted by molar-refractivity contribution is 5.91. The fraction of sp³-hybridized carbons (Fsp3) is 0.0400. The van der Waals surface area contributed by atoms with Crippen molar-refractivity contribution >= 4 is 16.7 Å². The molecule has 2 heterocycles. The molecular formula is C25H15N3O6. The molecule has 3 N–H and O–H groups in total. The normalized spacial score (nSPS) is 14.9. The summed E-state index contributed by atoms with van der Waals surface area (Å²) >= 11 is 0. The number of fused-ring (bicyclic) bond motifs is 3. The Morgan fingerprint density at radius 3 is 2.44 bits per heavy atom. The van der Waals surface area contributed by atoms with Gasteiger partial charge < -0.3 is 20.0 Å². The summed E-state index contributed by atoms with van der Waals surface area (Å²) in [6.45, 7) is 0. The maximum absolute atomic E-state index is 13.0. The van der Waals surface area contributed by atoms with Crippen LogP contribution in [0.1, 0.15) is 17.0 Å². The van der Waals surface area contributed by atoms with Gasteiger partial charge in [-0.05, 0) is 5.56 Å². The van der Waals surface area contributed by atoms with Crippen LogP contribution in [0.15, 0.2) is 87.4 Å². The lowest BCUT2D eigenvalue weighted by Gasteiger charge is -2.27. The summed E-state index contributed by atoms with van der Waals surface area (Å²) in [5.41, 5.74) is 6.91. The van der Waals surface area contributed by atoms with Gasteiger partial charge in [0.25, 0.3) is 5.69 Å². The first-order valence-electron chi connectivity index (χ1n) is 10.1. The molecule has 1 aliphatic rings. The smallest absolute Gasteiger partial charge is 0.269 e. The van der Waals surface area contributed by atoms with Gasteiger partial charge >= 0.3 is 0 Å². The zero-order chi connectivity index (χ0) is 24.0. The maximum atomic E-state index is 13.0. The first kappa shape index (κ1) is 20.8. The first-order chi connectivity index (χ1) is 16.4. The molecule has 0 fully saturated rings. The number of ether oxygens (including phenoxy) is 1. The van der Waals surface area contributed by atoms with Crippen molar-refractivity contribution in [3.63, 3.8) is 0 Å². The Morgan fingerprint density at radius 2 is 1.79 bits per heavy atom. The Kier molecular flexibility index (Phi) is 4.76. The molecule has 1 aliphatic heterocycles. The molecule has 34 heavy (non-hydrogen) atoms. The van der Waals surface area contributed by atoms with Gasteiger partial charge in [0.2, 0.25) is 5.88 Å². The Balaban J connectivity index is 1.85. The van der Waals surface area contributed by atoms with Gasteiger partial charge in [-0.25, -0.2) is 0 Å². The number of nitro benzene ring substituents is 1. The van der Waals surface area contributed by atoms with Gasteiger partial charge in [-0.3, -0.25) is 14.9 Å². The van der Waals surface area contributed by atoms with Crippen LogP contribution in [-0.2, 0) is 0 Å². The largest absolute Gasteiger partial charge is 0.507 e. The molecular weight excluding hydrogens is 438 g/mol. The van der Waals surface area contributed by atoms with Crippen molar-refractivity contribution in [2.24, 2.45) is 5.73 Å². The minimum absolute atomic E-state index is 0.0324. The van der Waals surface area contributed by atoms with Crippen LogP contribution in [0.5, 0.6) is 11.5 Å². The molecule has 0 amide bonds. The Hall–Kier alpha value is -5.10. The molecule has 9 nitrogen and oxygen atoms in total. The number of nitro groups is 1. The number of nitriles is 1. The van der Waals surface area contributed by atoms with Crippen LogP contribution in [0.25, 0.3) is 22.3 Å². The molecule has 5 rings (SSSR count). The molecule has 3 aromatic carbocycles. The van der Waals surface area contributed by atoms with Crippen LogP contribution >= 0.6 is 0 Å². The number of hydrogen-bond donors (Lipinski definition) is 2. The number of non-ortho nitro benzene ring substituents is 1. The highest BCUT2D eigenvalue weighted by Gasteiger charge is 2.35. The molecule has 0 aliphatic carbocycles. The lowest BCUT2D eigenvalue weighted by Crippen LogP contribution is -2.22. The molecule has 4 aromatic rings. The second-order valence-corrected chi connectivity index (χ2v) is 7.63. The van der Waals surface area contributed by atoms with Crippen LogP contribution in [0.3, 0.4) is 0 Å². The Labute approximate surface area is 191 Å². The standard InChI is InChI=1S/C25H15N3O6/c26-12-16-21(14-6-8-15(9-7-14)28(31)32)23-20(34-25(16)27)11-18(30)22-17(29)10-19(33-24(22)23)13-4-2-1-3-5-13/h1-11,21,30H,27H2. The highest BCUT2D eigenvalue weighted by Crippen LogP contribution is 2.48. The summed E-state index contributed by atoms with van der Waals surface area (Å²) in [4.78, 5) is 23.6. The van der Waals surface area contributed by atoms with E-state index in [0.29, 0.717) is 16.7 Å². The SMILES string of the molecule is N#CC1=C(N)Oc2cc(O)c3c(=O)cc(-c4ccccc4)oc3c2C1c1ccc([N+](=O)[O-])cc1. The summed E-state index contributed by atoms with van der Waals surface area (Å²) in [6.07, 6.45) is 0. The monoisotopic (exact) mass is 453 g/mol. The van der Waals surface area contributed by atoms with Gasteiger partial charge in [-0.15, -0.1) is 0 Å². The maximum Gasteiger partial charge on any atom is 0.269 e. The van der Waals surface area contributed by atoms with E-state index >= 15 is 0 Å². The van der Waals surface area contributed by atoms with Crippen molar-refractivity contribution < 1.29 is 19.2 Å². The van der Waals surface area contributed by atoms with Gasteiger partial charge in [0.15, 0.2) is 5.43 Å². The molecule has 0 saturated heterocycles. The lowest BCUT2D eigenvalue weighted by atomic mass is 9.82. The number of aromatic hydroxyl groups is 1. The van der Waals surface area contributed by atoms with Crippen molar-refractivity contribution in [3.8, 4) is 28.9 Å². The second-order valence-electron chi connectivity index (χ2n) is 7.63. The number of phenols is 1. The van der Waals surface area contributed by atoms with Gasteiger partial charge in [0, 0.05) is 29.8 Å². The van der Waals surface area contributed by atoms with E-state index in [1.54, 1.807) is 24.3 Å². The highest BCUT2D eigenvalue weighted by atomic mass is 16.6. The summed E-state index contributed by atoms with van der Waals surface area (Å²) in [7, 11) is 0. The molecule has 0 bridgehead atoms. The molecule has 0 saturated carbocycles. The van der Waals surface area contributed by atoms with E-state index in [-0.39, 0.29) is 45.4 Å². The average Bonchev–Trinajstić information content (AvgIpc) is 2.83. The Morgan fingerprint density at radius 1 is 1.09 bits per heavy atom. The minimum Gasteiger partial charge on any atom is -0.507 e. The third kappa shape index (κ3) is 3.22. The van der Waals surface area contributed by atoms with Crippen LogP contribution < -0.4 is 15.9 Å². The summed E-state index contributed by atoms with van der Waals surface area (Å²) in [6, 6.07) is 19.1. The van der Waals surface area contributed by atoms with Crippen LogP contribution in [0, 0.1) is 21.4 Å². The van der Waals surface area contributed by atoms with E-state index in [4.69, 9.17) is 14.9 Å². The van der Waals surface area contributed by atoms with E-state index in [1.807, 2.05) is 12.1 Å². The molecule has 1 unspecified atom stereocenters. The third-order valence-corrected chi connectivity index (χ3v) is 5.66. The lowest BCUT2D eigenvalue weighted by molar-refractivity contribution is -0.384. The number of hydrogen-bond acceptors (Lipinski definition) is 8. The van der Waals surface area contributed by atoms with Crippen molar-refractivity contribution in [2.45, 2.75) is 5.92 Å². The van der Waals surface area contributed by atoms with E-state index in [2.05, 4.69) is 0 Å². The van der Waals surface area contributed by atoms with Crippen LogP contribution in [0.2, 0.25) is 0 Å². The summed E-state index contributed by atoms with van der Waals surface area (Å²) < 4.78 is 11.8. The minimum atomic E-state index is -0.855. The quantitative estimate of drug-likeness (QED) is 0.344. The predicted octanol–water partition coefficient (Wildman–Crippen LogP) is 4.29. The van der Waals surface area contributed by atoms with E-state index in [1.165, 1.54) is 36.4 Å².